The topological polar surface area (TPSA) is 20.3 Å². The molecule has 1 heterocycles. The van der Waals surface area contributed by atoms with Crippen LogP contribution in [-0.2, 0) is 4.79 Å². The summed E-state index contributed by atoms with van der Waals surface area (Å²) < 4.78 is 0. The van der Waals surface area contributed by atoms with E-state index in [1.807, 2.05) is 13.8 Å². The van der Waals surface area contributed by atoms with E-state index < -0.39 is 0 Å². The zero-order valence-electron chi connectivity index (χ0n) is 13.2. The predicted molar refractivity (Wildman–Crippen MR) is 80.2 cm³/mol. The molecule has 0 amide bonds. The van der Waals surface area contributed by atoms with Crippen LogP contribution in [-0.4, -0.2) is 29.8 Å². The lowest BCUT2D eigenvalue weighted by Crippen LogP contribution is -2.45. The fourth-order valence-corrected chi connectivity index (χ4v) is 4.00. The van der Waals surface area contributed by atoms with Crippen molar-refractivity contribution in [1.82, 2.24) is 4.90 Å². The molecule has 0 unspecified atom stereocenters. The summed E-state index contributed by atoms with van der Waals surface area (Å²) in [7, 11) is 0. The predicted octanol–water partition coefficient (Wildman–Crippen LogP) is 3.89. The molecule has 0 aromatic carbocycles. The third-order valence-electron chi connectivity index (χ3n) is 5.61. The molecule has 0 aromatic heterocycles. The quantitative estimate of drug-likeness (QED) is 0.771. The van der Waals surface area contributed by atoms with Crippen LogP contribution < -0.4 is 0 Å². The standard InChI is InChI=1S/C17H31NO/c1-13(2)16(19)15-5-7-17(8-6-15)9-11-18(12-10-17)14(3)4/h13-15H,5-12H2,1-4H3. The van der Waals surface area contributed by atoms with Gasteiger partial charge >= 0.3 is 0 Å². The van der Waals surface area contributed by atoms with Gasteiger partial charge in [-0.25, -0.2) is 0 Å². The summed E-state index contributed by atoms with van der Waals surface area (Å²) in [5.41, 5.74) is 0.582. The Labute approximate surface area is 118 Å². The van der Waals surface area contributed by atoms with Gasteiger partial charge in [0.1, 0.15) is 5.78 Å². The van der Waals surface area contributed by atoms with Crippen LogP contribution in [0.2, 0.25) is 0 Å². The molecule has 1 spiro atoms. The first-order valence-corrected chi connectivity index (χ1v) is 8.21. The molecule has 0 N–H and O–H groups in total. The van der Waals surface area contributed by atoms with Crippen molar-refractivity contribution in [3.63, 3.8) is 0 Å². The number of likely N-dealkylation sites (tertiary alicyclic amines) is 1. The van der Waals surface area contributed by atoms with E-state index in [1.165, 1.54) is 38.8 Å². The van der Waals surface area contributed by atoms with Crippen LogP contribution in [0.5, 0.6) is 0 Å². The van der Waals surface area contributed by atoms with E-state index in [2.05, 4.69) is 18.7 Å². The number of Topliss-reactive ketones (excluding diaryl/α,β-unsaturated/α-hetero) is 1. The van der Waals surface area contributed by atoms with Crippen molar-refractivity contribution in [2.75, 3.05) is 13.1 Å². The number of hydrogen-bond acceptors (Lipinski definition) is 2. The fraction of sp³-hybridized carbons (Fsp3) is 0.941. The average molecular weight is 265 g/mol. The molecule has 2 aliphatic rings. The minimum Gasteiger partial charge on any atom is -0.301 e. The summed E-state index contributed by atoms with van der Waals surface area (Å²) >= 11 is 0. The van der Waals surface area contributed by atoms with E-state index in [1.54, 1.807) is 0 Å². The summed E-state index contributed by atoms with van der Waals surface area (Å²) in [4.78, 5) is 14.7. The van der Waals surface area contributed by atoms with Gasteiger partial charge in [0, 0.05) is 17.9 Å². The van der Waals surface area contributed by atoms with Crippen LogP contribution in [0.3, 0.4) is 0 Å². The number of hydrogen-bond donors (Lipinski definition) is 0. The Balaban J connectivity index is 1.85. The number of carbonyl (C=O) groups excluding carboxylic acids is 1. The van der Waals surface area contributed by atoms with Crippen molar-refractivity contribution in [3.05, 3.63) is 0 Å². The first-order chi connectivity index (χ1) is 8.93. The molecule has 2 fully saturated rings. The Morgan fingerprint density at radius 1 is 1.00 bits per heavy atom. The zero-order valence-corrected chi connectivity index (χ0v) is 13.2. The Kier molecular flexibility index (Phi) is 4.70. The van der Waals surface area contributed by atoms with Gasteiger partial charge in [0.05, 0.1) is 0 Å². The summed E-state index contributed by atoms with van der Waals surface area (Å²) in [6, 6.07) is 0.691. The largest absolute Gasteiger partial charge is 0.301 e. The van der Waals surface area contributed by atoms with Gasteiger partial charge in [-0.2, -0.15) is 0 Å². The van der Waals surface area contributed by atoms with Crippen molar-refractivity contribution >= 4 is 5.78 Å². The highest BCUT2D eigenvalue weighted by atomic mass is 16.1. The van der Waals surface area contributed by atoms with Gasteiger partial charge in [-0.15, -0.1) is 0 Å². The van der Waals surface area contributed by atoms with Crippen LogP contribution >= 0.6 is 0 Å². The summed E-state index contributed by atoms with van der Waals surface area (Å²) in [5.74, 6) is 1.10. The third kappa shape index (κ3) is 3.39. The molecule has 1 saturated heterocycles. The second-order valence-electron chi connectivity index (χ2n) is 7.46. The van der Waals surface area contributed by atoms with Crippen LogP contribution in [0.1, 0.15) is 66.2 Å². The monoisotopic (exact) mass is 265 g/mol. The number of rotatable bonds is 3. The Hall–Kier alpha value is -0.370. The molecule has 0 atom stereocenters. The molecule has 110 valence electrons. The van der Waals surface area contributed by atoms with Crippen molar-refractivity contribution in [2.45, 2.75) is 72.3 Å². The lowest BCUT2D eigenvalue weighted by Gasteiger charge is -2.47. The van der Waals surface area contributed by atoms with Gasteiger partial charge in [-0.1, -0.05) is 13.8 Å². The smallest absolute Gasteiger partial charge is 0.138 e. The van der Waals surface area contributed by atoms with Crippen LogP contribution in [0.15, 0.2) is 0 Å². The fourth-order valence-electron chi connectivity index (χ4n) is 4.00. The highest BCUT2D eigenvalue weighted by molar-refractivity contribution is 5.82. The summed E-state index contributed by atoms with van der Waals surface area (Å²) in [5, 5.41) is 0. The number of ketones is 1. The molecule has 1 aliphatic carbocycles. The number of nitrogens with zero attached hydrogens (tertiary/aromatic N) is 1. The van der Waals surface area contributed by atoms with Gasteiger partial charge in [-0.05, 0) is 70.9 Å². The number of piperidine rings is 1. The van der Waals surface area contributed by atoms with E-state index in [4.69, 9.17) is 0 Å². The molecule has 1 aliphatic heterocycles. The minimum absolute atomic E-state index is 0.224. The van der Waals surface area contributed by atoms with Gasteiger partial charge in [0.2, 0.25) is 0 Å². The van der Waals surface area contributed by atoms with Gasteiger partial charge < -0.3 is 4.90 Å². The van der Waals surface area contributed by atoms with Crippen molar-refractivity contribution in [3.8, 4) is 0 Å². The second kappa shape index (κ2) is 5.95. The Bertz CT molecular complexity index is 303. The lowest BCUT2D eigenvalue weighted by atomic mass is 9.64. The van der Waals surface area contributed by atoms with E-state index in [-0.39, 0.29) is 5.92 Å². The molecule has 2 heteroatoms. The van der Waals surface area contributed by atoms with Crippen LogP contribution in [0, 0.1) is 17.3 Å². The van der Waals surface area contributed by atoms with Gasteiger partial charge in [-0.3, -0.25) is 4.79 Å². The maximum Gasteiger partial charge on any atom is 0.138 e. The SMILES string of the molecule is CC(C)C(=O)C1CCC2(CC1)CCN(C(C)C)CC2. The zero-order chi connectivity index (χ0) is 14.0. The molecular formula is C17H31NO. The molecule has 2 rings (SSSR count). The van der Waals surface area contributed by atoms with E-state index in [9.17, 15) is 4.79 Å². The van der Waals surface area contributed by atoms with Crippen molar-refractivity contribution in [1.29, 1.82) is 0 Å². The molecule has 19 heavy (non-hydrogen) atoms. The van der Waals surface area contributed by atoms with Crippen molar-refractivity contribution in [2.24, 2.45) is 17.3 Å². The first-order valence-electron chi connectivity index (χ1n) is 8.21. The maximum atomic E-state index is 12.1. The van der Waals surface area contributed by atoms with E-state index in [0.717, 1.165) is 12.8 Å². The minimum atomic E-state index is 0.224. The second-order valence-corrected chi connectivity index (χ2v) is 7.46. The Morgan fingerprint density at radius 2 is 1.53 bits per heavy atom. The molecular weight excluding hydrogens is 234 g/mol. The maximum absolute atomic E-state index is 12.1. The molecule has 2 nitrogen and oxygen atoms in total. The van der Waals surface area contributed by atoms with Gasteiger partial charge in [0.25, 0.3) is 0 Å². The highest BCUT2D eigenvalue weighted by Gasteiger charge is 2.40. The lowest BCUT2D eigenvalue weighted by molar-refractivity contribution is -0.128. The van der Waals surface area contributed by atoms with Crippen molar-refractivity contribution < 1.29 is 4.79 Å². The van der Waals surface area contributed by atoms with Crippen LogP contribution in [0.4, 0.5) is 0 Å². The summed E-state index contributed by atoms with van der Waals surface area (Å²) in [6.07, 6.45) is 7.60. The van der Waals surface area contributed by atoms with Gasteiger partial charge in [0.15, 0.2) is 0 Å². The average Bonchev–Trinajstić information content (AvgIpc) is 2.39. The van der Waals surface area contributed by atoms with E-state index in [0.29, 0.717) is 23.2 Å². The molecule has 1 saturated carbocycles. The molecule has 0 aromatic rings. The summed E-state index contributed by atoms with van der Waals surface area (Å²) in [6.45, 7) is 11.2. The van der Waals surface area contributed by atoms with E-state index >= 15 is 0 Å². The third-order valence-corrected chi connectivity index (χ3v) is 5.61. The number of carbonyl (C=O) groups is 1. The first kappa shape index (κ1) is 15.0. The Morgan fingerprint density at radius 3 is 1.95 bits per heavy atom. The molecule has 0 bridgehead atoms. The normalized spacial score (nSPS) is 25.4. The van der Waals surface area contributed by atoms with Crippen LogP contribution in [0.25, 0.3) is 0 Å². The highest BCUT2D eigenvalue weighted by Crippen LogP contribution is 2.47. The molecule has 0 radical (unpaired) electrons.